The summed E-state index contributed by atoms with van der Waals surface area (Å²) < 4.78 is 24.9. The molecule has 1 aliphatic rings. The number of carbonyl (C=O) groups is 1. The summed E-state index contributed by atoms with van der Waals surface area (Å²) in [6.07, 6.45) is 2.37. The molecule has 1 heterocycles. The van der Waals surface area contributed by atoms with Crippen LogP contribution in [0.3, 0.4) is 0 Å². The maximum atomic E-state index is 13.6. The van der Waals surface area contributed by atoms with Gasteiger partial charge >= 0.3 is 5.63 Å². The molecule has 2 aromatic carbocycles. The Morgan fingerprint density at radius 1 is 1.18 bits per heavy atom. The van der Waals surface area contributed by atoms with Crippen LogP contribution in [0.1, 0.15) is 28.7 Å². The van der Waals surface area contributed by atoms with Crippen LogP contribution in [-0.2, 0) is 17.6 Å². The smallest absolute Gasteiger partial charge is 0.339 e. The van der Waals surface area contributed by atoms with Crippen LogP contribution in [0.4, 0.5) is 10.1 Å². The van der Waals surface area contributed by atoms with Crippen molar-refractivity contribution >= 4 is 22.6 Å². The van der Waals surface area contributed by atoms with Gasteiger partial charge in [-0.25, -0.2) is 9.18 Å². The maximum absolute atomic E-state index is 13.6. The van der Waals surface area contributed by atoms with Gasteiger partial charge in [-0.05, 0) is 74.1 Å². The van der Waals surface area contributed by atoms with Gasteiger partial charge in [-0.2, -0.15) is 0 Å². The fourth-order valence-electron chi connectivity index (χ4n) is 3.63. The van der Waals surface area contributed by atoms with E-state index in [-0.39, 0.29) is 18.0 Å². The Morgan fingerprint density at radius 3 is 2.75 bits per heavy atom. The summed E-state index contributed by atoms with van der Waals surface area (Å²) in [4.78, 5) is 24.4. The number of halogens is 1. The van der Waals surface area contributed by atoms with E-state index in [1.165, 1.54) is 6.07 Å². The van der Waals surface area contributed by atoms with E-state index in [0.717, 1.165) is 29.4 Å². The predicted molar refractivity (Wildman–Crippen MR) is 105 cm³/mol. The standard InChI is InChI=1S/C22H20FNO4/c1-12-8-18(21-15-4-3-5-16(15)22(26)28-19(21)9-12)27-11-20(25)24-14-7-6-13(2)17(23)10-14/h6-10H,3-5,11H2,1-2H3,(H,24,25). The number of benzene rings is 2. The lowest BCUT2D eigenvalue weighted by molar-refractivity contribution is -0.118. The van der Waals surface area contributed by atoms with Crippen molar-refractivity contribution in [3.05, 3.63) is 68.8 Å². The molecule has 1 aliphatic carbocycles. The number of carbonyl (C=O) groups excluding carboxylic acids is 1. The summed E-state index contributed by atoms with van der Waals surface area (Å²) in [7, 11) is 0. The molecule has 144 valence electrons. The first kappa shape index (κ1) is 18.2. The molecule has 5 nitrogen and oxygen atoms in total. The zero-order valence-electron chi connectivity index (χ0n) is 15.7. The van der Waals surface area contributed by atoms with Crippen molar-refractivity contribution < 1.29 is 18.3 Å². The van der Waals surface area contributed by atoms with Crippen LogP contribution in [0.15, 0.2) is 39.5 Å². The highest BCUT2D eigenvalue weighted by Gasteiger charge is 2.22. The third-order valence-corrected chi connectivity index (χ3v) is 4.99. The van der Waals surface area contributed by atoms with Gasteiger partial charge in [0, 0.05) is 11.3 Å². The number of amides is 1. The summed E-state index contributed by atoms with van der Waals surface area (Å²) in [6, 6.07) is 8.15. The van der Waals surface area contributed by atoms with Gasteiger partial charge in [-0.3, -0.25) is 4.79 Å². The largest absolute Gasteiger partial charge is 0.483 e. The van der Waals surface area contributed by atoms with E-state index >= 15 is 0 Å². The molecule has 3 aromatic rings. The molecule has 0 saturated heterocycles. The van der Waals surface area contributed by atoms with E-state index in [1.54, 1.807) is 25.1 Å². The number of rotatable bonds is 4. The van der Waals surface area contributed by atoms with Gasteiger partial charge in [0.05, 0.1) is 5.39 Å². The van der Waals surface area contributed by atoms with Gasteiger partial charge < -0.3 is 14.5 Å². The number of hydrogen-bond donors (Lipinski definition) is 1. The third-order valence-electron chi connectivity index (χ3n) is 4.99. The highest BCUT2D eigenvalue weighted by atomic mass is 19.1. The quantitative estimate of drug-likeness (QED) is 0.692. The summed E-state index contributed by atoms with van der Waals surface area (Å²) in [5.41, 5.74) is 3.57. The molecule has 0 aliphatic heterocycles. The van der Waals surface area contributed by atoms with E-state index in [2.05, 4.69) is 5.32 Å². The zero-order valence-corrected chi connectivity index (χ0v) is 15.7. The predicted octanol–water partition coefficient (Wildman–Crippen LogP) is 4.06. The Labute approximate surface area is 161 Å². The zero-order chi connectivity index (χ0) is 19.8. The Bertz CT molecular complexity index is 1150. The summed E-state index contributed by atoms with van der Waals surface area (Å²) in [5, 5.41) is 3.38. The number of ether oxygens (including phenoxy) is 1. The normalized spacial score (nSPS) is 12.8. The second kappa shape index (κ2) is 7.11. The fraction of sp³-hybridized carbons (Fsp3) is 0.273. The van der Waals surface area contributed by atoms with Gasteiger partial charge in [-0.15, -0.1) is 0 Å². The number of nitrogens with one attached hydrogen (secondary N) is 1. The van der Waals surface area contributed by atoms with Crippen molar-refractivity contribution in [3.63, 3.8) is 0 Å². The van der Waals surface area contributed by atoms with Crippen LogP contribution in [0.5, 0.6) is 5.75 Å². The lowest BCUT2D eigenvalue weighted by Crippen LogP contribution is -2.20. The van der Waals surface area contributed by atoms with Crippen molar-refractivity contribution in [1.82, 2.24) is 0 Å². The molecule has 0 unspecified atom stereocenters. The monoisotopic (exact) mass is 381 g/mol. The molecule has 6 heteroatoms. The molecular formula is C22H20FNO4. The number of hydrogen-bond acceptors (Lipinski definition) is 4. The second-order valence-electron chi connectivity index (χ2n) is 7.14. The molecule has 4 rings (SSSR count). The average molecular weight is 381 g/mol. The SMILES string of the molecule is Cc1cc(OCC(=O)Nc2ccc(C)c(F)c2)c2c3c(c(=O)oc2c1)CCC3. The molecule has 1 amide bonds. The van der Waals surface area contributed by atoms with Crippen LogP contribution in [0.25, 0.3) is 11.0 Å². The van der Waals surface area contributed by atoms with Gasteiger partial charge in [0.1, 0.15) is 17.1 Å². The molecule has 0 saturated carbocycles. The minimum Gasteiger partial charge on any atom is -0.483 e. The van der Waals surface area contributed by atoms with E-state index in [9.17, 15) is 14.0 Å². The van der Waals surface area contributed by atoms with Gasteiger partial charge in [0.15, 0.2) is 6.61 Å². The van der Waals surface area contributed by atoms with Crippen molar-refractivity contribution in [2.24, 2.45) is 0 Å². The van der Waals surface area contributed by atoms with Crippen molar-refractivity contribution in [1.29, 1.82) is 0 Å². The van der Waals surface area contributed by atoms with Crippen LogP contribution >= 0.6 is 0 Å². The summed E-state index contributed by atoms with van der Waals surface area (Å²) in [5.74, 6) is -0.261. The minimum absolute atomic E-state index is 0.234. The van der Waals surface area contributed by atoms with Crippen LogP contribution in [-0.4, -0.2) is 12.5 Å². The second-order valence-corrected chi connectivity index (χ2v) is 7.14. The van der Waals surface area contributed by atoms with Crippen molar-refractivity contribution in [3.8, 4) is 5.75 Å². The average Bonchev–Trinajstić information content (AvgIpc) is 3.13. The number of anilines is 1. The Kier molecular flexibility index (Phi) is 4.63. The van der Waals surface area contributed by atoms with E-state index in [1.807, 2.05) is 13.0 Å². The Balaban J connectivity index is 1.59. The van der Waals surface area contributed by atoms with Gasteiger partial charge in [-0.1, -0.05) is 6.07 Å². The van der Waals surface area contributed by atoms with Crippen molar-refractivity contribution in [2.75, 3.05) is 11.9 Å². The number of fused-ring (bicyclic) bond motifs is 3. The first-order chi connectivity index (χ1) is 13.4. The van der Waals surface area contributed by atoms with Crippen molar-refractivity contribution in [2.45, 2.75) is 33.1 Å². The lowest BCUT2D eigenvalue weighted by atomic mass is 10.0. The Hall–Kier alpha value is -3.15. The molecule has 0 radical (unpaired) electrons. The van der Waals surface area contributed by atoms with Gasteiger partial charge in [0.25, 0.3) is 5.91 Å². The molecule has 1 aromatic heterocycles. The van der Waals surface area contributed by atoms with Crippen LogP contribution in [0, 0.1) is 19.7 Å². The number of aryl methyl sites for hydroxylation is 3. The highest BCUT2D eigenvalue weighted by Crippen LogP contribution is 2.35. The summed E-state index contributed by atoms with van der Waals surface area (Å²) in [6.45, 7) is 3.29. The first-order valence-corrected chi connectivity index (χ1v) is 9.20. The molecular weight excluding hydrogens is 361 g/mol. The first-order valence-electron chi connectivity index (χ1n) is 9.20. The lowest BCUT2D eigenvalue weighted by Gasteiger charge is -2.13. The molecule has 28 heavy (non-hydrogen) atoms. The Morgan fingerprint density at radius 2 is 1.96 bits per heavy atom. The summed E-state index contributed by atoms with van der Waals surface area (Å²) >= 11 is 0. The molecule has 1 N–H and O–H groups in total. The van der Waals surface area contributed by atoms with E-state index < -0.39 is 5.91 Å². The molecule has 0 atom stereocenters. The molecule has 0 bridgehead atoms. The topological polar surface area (TPSA) is 68.5 Å². The maximum Gasteiger partial charge on any atom is 0.339 e. The minimum atomic E-state index is -0.396. The fourth-order valence-corrected chi connectivity index (χ4v) is 3.63. The molecule has 0 fully saturated rings. The van der Waals surface area contributed by atoms with E-state index in [4.69, 9.17) is 9.15 Å². The van der Waals surface area contributed by atoms with Crippen LogP contribution in [0.2, 0.25) is 0 Å². The third kappa shape index (κ3) is 3.38. The highest BCUT2D eigenvalue weighted by molar-refractivity contribution is 5.93. The van der Waals surface area contributed by atoms with Gasteiger partial charge in [0.2, 0.25) is 0 Å². The van der Waals surface area contributed by atoms with Crippen LogP contribution < -0.4 is 15.7 Å². The van der Waals surface area contributed by atoms with E-state index in [0.29, 0.717) is 34.6 Å². The molecule has 0 spiro atoms.